The molecule has 1 aliphatic heterocycles. The summed E-state index contributed by atoms with van der Waals surface area (Å²) in [4.78, 5) is 4.36. The van der Waals surface area contributed by atoms with E-state index in [0.29, 0.717) is 23.9 Å². The molecule has 4 nitrogen and oxygen atoms in total. The second kappa shape index (κ2) is 3.57. The first-order valence-corrected chi connectivity index (χ1v) is 6.39. The molecule has 0 fully saturated rings. The van der Waals surface area contributed by atoms with Gasteiger partial charge in [-0.25, -0.2) is 8.42 Å². The van der Waals surface area contributed by atoms with Gasteiger partial charge in [-0.05, 0) is 12.0 Å². The molecule has 0 unspecified atom stereocenters. The molecule has 0 aromatic carbocycles. The third-order valence-corrected chi connectivity index (χ3v) is 4.30. The number of hydrogen-bond acceptors (Lipinski definition) is 3. The van der Waals surface area contributed by atoms with Gasteiger partial charge in [-0.1, -0.05) is 13.8 Å². The van der Waals surface area contributed by atoms with E-state index < -0.39 is 10.0 Å². The maximum absolute atomic E-state index is 12.0. The molecule has 0 aliphatic carbocycles. The van der Waals surface area contributed by atoms with E-state index in [1.165, 1.54) is 10.5 Å². The van der Waals surface area contributed by atoms with Crippen molar-refractivity contribution < 1.29 is 8.42 Å². The fourth-order valence-electron chi connectivity index (χ4n) is 1.77. The second-order valence-electron chi connectivity index (χ2n) is 4.17. The van der Waals surface area contributed by atoms with Gasteiger partial charge in [0.15, 0.2) is 0 Å². The van der Waals surface area contributed by atoms with E-state index in [9.17, 15) is 8.42 Å². The summed E-state index contributed by atoms with van der Waals surface area (Å²) in [6.07, 6.45) is 3.16. The number of rotatable bonds is 2. The molecule has 0 N–H and O–H groups in total. The Bertz CT molecular complexity index is 468. The largest absolute Gasteiger partial charge is 0.264 e. The van der Waals surface area contributed by atoms with Crippen LogP contribution in [-0.4, -0.2) is 24.3 Å². The Hall–Kier alpha value is -0.940. The first-order valence-electron chi connectivity index (χ1n) is 4.95. The Kier molecular flexibility index (Phi) is 2.52. The summed E-state index contributed by atoms with van der Waals surface area (Å²) in [7, 11) is -3.25. The average molecular weight is 226 g/mol. The lowest BCUT2D eigenvalue weighted by molar-refractivity contribution is 0.376. The van der Waals surface area contributed by atoms with E-state index in [-0.39, 0.29) is 0 Å². The highest BCUT2D eigenvalue weighted by Crippen LogP contribution is 2.29. The highest BCUT2D eigenvalue weighted by atomic mass is 32.2. The van der Waals surface area contributed by atoms with E-state index in [1.54, 1.807) is 12.3 Å². The lowest BCUT2D eigenvalue weighted by Crippen LogP contribution is -2.28. The van der Waals surface area contributed by atoms with Crippen LogP contribution in [0.3, 0.4) is 0 Å². The first kappa shape index (κ1) is 10.6. The van der Waals surface area contributed by atoms with Crippen LogP contribution in [0.15, 0.2) is 23.4 Å². The fourth-order valence-corrected chi connectivity index (χ4v) is 3.53. The molecule has 0 bridgehead atoms. The van der Waals surface area contributed by atoms with Gasteiger partial charge < -0.3 is 0 Å². The van der Waals surface area contributed by atoms with Crippen LogP contribution < -0.4 is 0 Å². The van der Waals surface area contributed by atoms with Crippen LogP contribution in [0.4, 0.5) is 0 Å². The van der Waals surface area contributed by atoms with Gasteiger partial charge in [0.1, 0.15) is 0 Å². The van der Waals surface area contributed by atoms with Gasteiger partial charge >= 0.3 is 0 Å². The van der Waals surface area contributed by atoms with Gasteiger partial charge in [0.05, 0.1) is 4.90 Å². The summed E-state index contributed by atoms with van der Waals surface area (Å²) in [6.45, 7) is 5.05. The van der Waals surface area contributed by atoms with Crippen molar-refractivity contribution in [3.8, 4) is 0 Å². The summed E-state index contributed by atoms with van der Waals surface area (Å²) in [5, 5.41) is 0. The number of fused-ring (bicyclic) bond motifs is 1. The minimum atomic E-state index is -3.25. The molecule has 2 rings (SSSR count). The summed E-state index contributed by atoms with van der Waals surface area (Å²) in [5.41, 5.74) is 0.804. The van der Waals surface area contributed by atoms with Crippen LogP contribution in [0, 0.1) is 5.92 Å². The number of nitrogens with zero attached hydrogens (tertiary/aromatic N) is 2. The molecule has 2 heterocycles. The van der Waals surface area contributed by atoms with E-state index >= 15 is 0 Å². The van der Waals surface area contributed by atoms with E-state index in [0.717, 1.165) is 5.56 Å². The zero-order chi connectivity index (χ0) is 11.1. The molecular formula is C10H14N2O2S. The van der Waals surface area contributed by atoms with Crippen LogP contribution in [0.1, 0.15) is 19.4 Å². The average Bonchev–Trinajstić information content (AvgIpc) is 2.39. The molecule has 0 atom stereocenters. The minimum Gasteiger partial charge on any atom is -0.264 e. The normalized spacial score (nSPS) is 19.4. The molecule has 5 heteroatoms. The zero-order valence-electron chi connectivity index (χ0n) is 8.84. The third-order valence-electron chi connectivity index (χ3n) is 2.39. The maximum atomic E-state index is 12.0. The molecule has 1 aromatic rings. The zero-order valence-corrected chi connectivity index (χ0v) is 9.66. The predicted molar refractivity (Wildman–Crippen MR) is 56.7 cm³/mol. The van der Waals surface area contributed by atoms with Crippen molar-refractivity contribution in [2.45, 2.75) is 25.3 Å². The van der Waals surface area contributed by atoms with Crippen molar-refractivity contribution in [1.82, 2.24) is 9.29 Å². The van der Waals surface area contributed by atoms with Crippen molar-refractivity contribution in [1.29, 1.82) is 0 Å². The Morgan fingerprint density at radius 1 is 1.53 bits per heavy atom. The lowest BCUT2D eigenvalue weighted by Gasteiger charge is -2.16. The molecule has 0 amide bonds. The predicted octanol–water partition coefficient (Wildman–Crippen LogP) is 1.24. The molecular weight excluding hydrogens is 212 g/mol. The van der Waals surface area contributed by atoms with Gasteiger partial charge in [-0.2, -0.15) is 4.31 Å². The smallest absolute Gasteiger partial charge is 0.243 e. The Morgan fingerprint density at radius 3 is 2.87 bits per heavy atom. The monoisotopic (exact) mass is 226 g/mol. The molecule has 0 radical (unpaired) electrons. The Morgan fingerprint density at radius 2 is 2.27 bits per heavy atom. The Balaban J connectivity index is 2.39. The number of aromatic nitrogens is 1. The number of sulfonamides is 1. The van der Waals surface area contributed by atoms with Crippen LogP contribution in [-0.2, 0) is 16.6 Å². The standard InChI is InChI=1S/C10H14N2O2S/c1-8(2)6-12-7-9-5-11-4-3-10(9)15(12,13)14/h3-5,8H,6-7H2,1-2H3. The topological polar surface area (TPSA) is 50.3 Å². The highest BCUT2D eigenvalue weighted by Gasteiger charge is 2.34. The van der Waals surface area contributed by atoms with Crippen LogP contribution in [0.5, 0.6) is 0 Å². The molecule has 0 spiro atoms. The quantitative estimate of drug-likeness (QED) is 0.762. The van der Waals surface area contributed by atoms with Crippen LogP contribution in [0.25, 0.3) is 0 Å². The molecule has 1 aliphatic rings. The van der Waals surface area contributed by atoms with Gasteiger partial charge in [-0.15, -0.1) is 0 Å². The van der Waals surface area contributed by atoms with Crippen molar-refractivity contribution in [2.75, 3.05) is 6.54 Å². The van der Waals surface area contributed by atoms with Gasteiger partial charge in [0, 0.05) is 31.0 Å². The van der Waals surface area contributed by atoms with Crippen molar-refractivity contribution in [2.24, 2.45) is 5.92 Å². The summed E-state index contributed by atoms with van der Waals surface area (Å²) < 4.78 is 25.6. The minimum absolute atomic E-state index is 0.335. The highest BCUT2D eigenvalue weighted by molar-refractivity contribution is 7.89. The molecule has 1 aromatic heterocycles. The molecule has 0 saturated heterocycles. The Labute approximate surface area is 90.0 Å². The van der Waals surface area contributed by atoms with E-state index in [4.69, 9.17) is 0 Å². The van der Waals surface area contributed by atoms with Gasteiger partial charge in [0.2, 0.25) is 10.0 Å². The van der Waals surface area contributed by atoms with E-state index in [2.05, 4.69) is 4.98 Å². The molecule has 82 valence electrons. The van der Waals surface area contributed by atoms with Crippen molar-refractivity contribution in [3.05, 3.63) is 24.0 Å². The molecule has 0 saturated carbocycles. The molecule has 15 heavy (non-hydrogen) atoms. The van der Waals surface area contributed by atoms with Crippen molar-refractivity contribution in [3.63, 3.8) is 0 Å². The van der Waals surface area contributed by atoms with Gasteiger partial charge in [-0.3, -0.25) is 4.98 Å². The van der Waals surface area contributed by atoms with E-state index in [1.807, 2.05) is 13.8 Å². The summed E-state index contributed by atoms with van der Waals surface area (Å²) >= 11 is 0. The third kappa shape index (κ3) is 1.77. The summed E-state index contributed by atoms with van der Waals surface area (Å²) in [6, 6.07) is 1.57. The second-order valence-corrected chi connectivity index (χ2v) is 6.08. The summed E-state index contributed by atoms with van der Waals surface area (Å²) in [5.74, 6) is 0.335. The van der Waals surface area contributed by atoms with Gasteiger partial charge in [0.25, 0.3) is 0 Å². The number of pyridine rings is 1. The number of hydrogen-bond donors (Lipinski definition) is 0. The van der Waals surface area contributed by atoms with Crippen molar-refractivity contribution >= 4 is 10.0 Å². The maximum Gasteiger partial charge on any atom is 0.243 e. The van der Waals surface area contributed by atoms with Crippen LogP contribution in [0.2, 0.25) is 0 Å². The SMILES string of the molecule is CC(C)CN1Cc2cnccc2S1(=O)=O. The van der Waals surface area contributed by atoms with Crippen LogP contribution >= 0.6 is 0 Å². The lowest BCUT2D eigenvalue weighted by atomic mass is 10.2. The fraction of sp³-hybridized carbons (Fsp3) is 0.500. The first-order chi connectivity index (χ1) is 7.01.